The third-order valence-corrected chi connectivity index (χ3v) is 5.84. The number of hydrogen-bond acceptors (Lipinski definition) is 4. The first kappa shape index (κ1) is 21.8. The van der Waals surface area contributed by atoms with Crippen LogP contribution in [0.4, 0.5) is 10.5 Å². The largest absolute Gasteiger partial charge is 0.443 e. The number of para-hydroxylation sites is 1. The normalized spacial score (nSPS) is 18.0. The molecule has 0 saturated heterocycles. The summed E-state index contributed by atoms with van der Waals surface area (Å²) in [4.78, 5) is 40.3. The number of carbonyl (C=O) groups excluding carboxylic acids is 3. The molecule has 0 spiro atoms. The summed E-state index contributed by atoms with van der Waals surface area (Å²) in [5.41, 5.74) is 0.0834. The molecule has 1 atom stereocenters. The Kier molecular flexibility index (Phi) is 5.37. The number of nitrogens with zero attached hydrogens (tertiary/aromatic N) is 1. The predicted molar refractivity (Wildman–Crippen MR) is 125 cm³/mol. The van der Waals surface area contributed by atoms with Gasteiger partial charge in [0.05, 0.1) is 5.69 Å². The average Bonchev–Trinajstić information content (AvgIpc) is 2.99. The number of hydrogen-bond donors (Lipinski definition) is 0. The molecule has 3 aromatic rings. The lowest BCUT2D eigenvalue weighted by Gasteiger charge is -2.30. The van der Waals surface area contributed by atoms with E-state index in [9.17, 15) is 14.4 Å². The van der Waals surface area contributed by atoms with E-state index in [2.05, 4.69) is 0 Å². The number of benzene rings is 3. The molecule has 1 aliphatic rings. The van der Waals surface area contributed by atoms with Gasteiger partial charge in [0.1, 0.15) is 16.8 Å². The zero-order chi connectivity index (χ0) is 23.1. The highest BCUT2D eigenvalue weighted by Crippen LogP contribution is 2.49. The molecule has 3 aromatic carbocycles. The quantitative estimate of drug-likeness (QED) is 0.528. The van der Waals surface area contributed by atoms with Crippen molar-refractivity contribution >= 4 is 34.2 Å². The van der Waals surface area contributed by atoms with E-state index >= 15 is 0 Å². The minimum atomic E-state index is -1.15. The lowest BCUT2D eigenvalue weighted by molar-refractivity contribution is -0.122. The minimum Gasteiger partial charge on any atom is -0.443 e. The Bertz CT molecular complexity index is 1220. The number of anilines is 1. The molecule has 0 aromatic heterocycles. The number of rotatable bonds is 4. The smallest absolute Gasteiger partial charge is 0.421 e. The SMILES string of the molecule is CC(=O)CC[C@]1(c2ccc3ccccc3c2)C(=O)N(C(=O)OC(C)(C)C)c2ccccc21. The standard InChI is InChI=1S/C27H27NO4/c1-18(29)15-16-27(21-14-13-19-9-5-6-10-20(19)17-21)22-11-7-8-12-23(22)28(24(27)30)25(31)32-26(2,3)4/h5-14,17H,15-16H2,1-4H3/t27-/m1/s1. The first-order valence-corrected chi connectivity index (χ1v) is 10.8. The Labute approximate surface area is 188 Å². The molecule has 0 saturated carbocycles. The second-order valence-electron chi connectivity index (χ2n) is 9.31. The molecule has 5 heteroatoms. The molecule has 0 unspecified atom stereocenters. The molecular formula is C27H27NO4. The summed E-state index contributed by atoms with van der Waals surface area (Å²) in [6.07, 6.45) is -0.217. The summed E-state index contributed by atoms with van der Waals surface area (Å²) in [5, 5.41) is 2.05. The minimum absolute atomic E-state index is 0.00818. The zero-order valence-electron chi connectivity index (χ0n) is 18.8. The highest BCUT2D eigenvalue weighted by Gasteiger charge is 2.54. The van der Waals surface area contributed by atoms with Gasteiger partial charge in [-0.2, -0.15) is 0 Å². The molecule has 0 N–H and O–H groups in total. The molecule has 1 heterocycles. The van der Waals surface area contributed by atoms with Gasteiger partial charge in [-0.15, -0.1) is 0 Å². The Morgan fingerprint density at radius 1 is 0.938 bits per heavy atom. The molecule has 2 amide bonds. The van der Waals surface area contributed by atoms with Crippen molar-refractivity contribution in [2.45, 2.75) is 51.6 Å². The Morgan fingerprint density at radius 3 is 2.28 bits per heavy atom. The first-order chi connectivity index (χ1) is 15.1. The summed E-state index contributed by atoms with van der Waals surface area (Å²) in [5.74, 6) is -0.393. The summed E-state index contributed by atoms with van der Waals surface area (Å²) in [6, 6.07) is 21.1. The van der Waals surface area contributed by atoms with Crippen LogP contribution in [0, 0.1) is 0 Å². The van der Waals surface area contributed by atoms with Gasteiger partial charge in [-0.1, -0.05) is 54.6 Å². The van der Waals surface area contributed by atoms with Crippen LogP contribution in [-0.2, 0) is 19.7 Å². The van der Waals surface area contributed by atoms with Crippen LogP contribution in [0.5, 0.6) is 0 Å². The van der Waals surface area contributed by atoms with Gasteiger partial charge in [-0.05, 0) is 68.1 Å². The maximum Gasteiger partial charge on any atom is 0.421 e. The fourth-order valence-corrected chi connectivity index (χ4v) is 4.42. The average molecular weight is 430 g/mol. The van der Waals surface area contributed by atoms with Gasteiger partial charge < -0.3 is 9.53 Å². The highest BCUT2D eigenvalue weighted by atomic mass is 16.6. The first-order valence-electron chi connectivity index (χ1n) is 10.8. The van der Waals surface area contributed by atoms with Gasteiger partial charge in [0.2, 0.25) is 0 Å². The van der Waals surface area contributed by atoms with Crippen molar-refractivity contribution in [3.63, 3.8) is 0 Å². The second kappa shape index (κ2) is 7.90. The van der Waals surface area contributed by atoms with E-state index < -0.39 is 17.1 Å². The molecule has 5 nitrogen and oxygen atoms in total. The molecular weight excluding hydrogens is 402 g/mol. The Morgan fingerprint density at radius 2 is 1.59 bits per heavy atom. The molecule has 0 fully saturated rings. The maximum atomic E-state index is 14.1. The number of ketones is 1. The maximum absolute atomic E-state index is 14.1. The molecule has 164 valence electrons. The van der Waals surface area contributed by atoms with Crippen LogP contribution in [0.15, 0.2) is 66.7 Å². The van der Waals surface area contributed by atoms with Crippen LogP contribution in [0.1, 0.15) is 51.7 Å². The van der Waals surface area contributed by atoms with E-state index in [1.54, 1.807) is 32.9 Å². The predicted octanol–water partition coefficient (Wildman–Crippen LogP) is 5.78. The van der Waals surface area contributed by atoms with Gasteiger partial charge in [-0.3, -0.25) is 4.79 Å². The van der Waals surface area contributed by atoms with Crippen LogP contribution in [-0.4, -0.2) is 23.4 Å². The van der Waals surface area contributed by atoms with E-state index in [4.69, 9.17) is 4.74 Å². The summed E-state index contributed by atoms with van der Waals surface area (Å²) >= 11 is 0. The summed E-state index contributed by atoms with van der Waals surface area (Å²) in [7, 11) is 0. The van der Waals surface area contributed by atoms with E-state index in [0.717, 1.165) is 21.2 Å². The van der Waals surface area contributed by atoms with Gasteiger partial charge in [0.15, 0.2) is 0 Å². The van der Waals surface area contributed by atoms with E-state index in [1.807, 2.05) is 54.6 Å². The topological polar surface area (TPSA) is 63.7 Å². The van der Waals surface area contributed by atoms with Crippen molar-refractivity contribution in [2.75, 3.05) is 4.90 Å². The van der Waals surface area contributed by atoms with E-state index in [1.165, 1.54) is 6.92 Å². The summed E-state index contributed by atoms with van der Waals surface area (Å²) < 4.78 is 5.57. The lowest BCUT2D eigenvalue weighted by Crippen LogP contribution is -2.46. The number of amides is 2. The molecule has 1 aliphatic heterocycles. The number of Topliss-reactive ketones (excluding diaryl/α,β-unsaturated/α-hetero) is 1. The van der Waals surface area contributed by atoms with Gasteiger partial charge >= 0.3 is 6.09 Å². The van der Waals surface area contributed by atoms with Crippen molar-refractivity contribution < 1.29 is 19.1 Å². The van der Waals surface area contributed by atoms with Gasteiger partial charge in [0.25, 0.3) is 5.91 Å². The molecule has 0 bridgehead atoms. The van der Waals surface area contributed by atoms with E-state index in [-0.39, 0.29) is 24.5 Å². The van der Waals surface area contributed by atoms with Crippen molar-refractivity contribution in [1.82, 2.24) is 0 Å². The number of carbonyl (C=O) groups is 3. The molecule has 32 heavy (non-hydrogen) atoms. The van der Waals surface area contributed by atoms with Crippen molar-refractivity contribution in [3.05, 3.63) is 77.9 Å². The highest BCUT2D eigenvalue weighted by molar-refractivity contribution is 6.22. The molecule has 0 aliphatic carbocycles. The van der Waals surface area contributed by atoms with Crippen molar-refractivity contribution in [1.29, 1.82) is 0 Å². The number of fused-ring (bicyclic) bond motifs is 2. The van der Waals surface area contributed by atoms with Gasteiger partial charge in [-0.25, -0.2) is 9.69 Å². The van der Waals surface area contributed by atoms with Crippen LogP contribution in [0.3, 0.4) is 0 Å². The fourth-order valence-electron chi connectivity index (χ4n) is 4.42. The monoisotopic (exact) mass is 429 g/mol. The number of ether oxygens (including phenoxy) is 1. The molecule has 0 radical (unpaired) electrons. The van der Waals surface area contributed by atoms with Crippen LogP contribution < -0.4 is 4.90 Å². The van der Waals surface area contributed by atoms with E-state index in [0.29, 0.717) is 11.3 Å². The number of imide groups is 1. The van der Waals surface area contributed by atoms with Gasteiger partial charge in [0, 0.05) is 6.42 Å². The van der Waals surface area contributed by atoms with Crippen LogP contribution >= 0.6 is 0 Å². The zero-order valence-corrected chi connectivity index (χ0v) is 18.8. The van der Waals surface area contributed by atoms with Crippen LogP contribution in [0.25, 0.3) is 10.8 Å². The third-order valence-electron chi connectivity index (χ3n) is 5.84. The third kappa shape index (κ3) is 3.68. The van der Waals surface area contributed by atoms with Crippen molar-refractivity contribution in [3.8, 4) is 0 Å². The second-order valence-corrected chi connectivity index (χ2v) is 9.31. The van der Waals surface area contributed by atoms with Crippen LogP contribution in [0.2, 0.25) is 0 Å². The Balaban J connectivity index is 1.93. The fraction of sp³-hybridized carbons (Fsp3) is 0.296. The van der Waals surface area contributed by atoms with Crippen molar-refractivity contribution in [2.24, 2.45) is 0 Å². The Hall–Kier alpha value is -3.47. The summed E-state index contributed by atoms with van der Waals surface area (Å²) in [6.45, 7) is 6.82. The lowest BCUT2D eigenvalue weighted by atomic mass is 9.71. The molecule has 4 rings (SSSR count).